The smallest absolute Gasteiger partial charge is 0.439 e. The molecule has 1 aromatic heterocycles. The molecule has 0 aliphatic heterocycles. The van der Waals surface area contributed by atoms with Gasteiger partial charge in [-0.15, -0.1) is 0 Å². The summed E-state index contributed by atoms with van der Waals surface area (Å²) in [5.41, 5.74) is 0.513. The number of ether oxygens (including phenoxy) is 1. The molecule has 9 heteroatoms. The van der Waals surface area contributed by atoms with Gasteiger partial charge < -0.3 is 15.4 Å². The van der Waals surface area contributed by atoms with Crippen LogP contribution in [0.25, 0.3) is 11.4 Å². The zero-order valence-corrected chi connectivity index (χ0v) is 14.4. The maximum absolute atomic E-state index is 12.1. The van der Waals surface area contributed by atoms with Crippen molar-refractivity contribution in [1.29, 1.82) is 0 Å². The summed E-state index contributed by atoms with van der Waals surface area (Å²) < 4.78 is 9.53. The molecule has 1 heterocycles. The number of nitrogens with zero attached hydrogens (tertiary/aromatic N) is 1. The van der Waals surface area contributed by atoms with Crippen molar-refractivity contribution in [2.24, 2.45) is 0 Å². The topological polar surface area (TPSA) is 126 Å². The summed E-state index contributed by atoms with van der Waals surface area (Å²) in [4.78, 5) is 37.2. The second kappa shape index (κ2) is 7.20. The Labute approximate surface area is 143 Å². The third-order valence-corrected chi connectivity index (χ3v) is 2.99. The van der Waals surface area contributed by atoms with E-state index in [1.807, 2.05) is 0 Å². The highest BCUT2D eigenvalue weighted by molar-refractivity contribution is 5.96. The summed E-state index contributed by atoms with van der Waals surface area (Å²) in [7, 11) is 0. The molecule has 2 aromatic rings. The number of benzene rings is 1. The van der Waals surface area contributed by atoms with E-state index in [1.165, 1.54) is 0 Å². The first-order valence-electron chi connectivity index (χ1n) is 7.61. The van der Waals surface area contributed by atoms with Gasteiger partial charge in [-0.1, -0.05) is 5.16 Å². The normalized spacial score (nSPS) is 12.3. The van der Waals surface area contributed by atoms with Gasteiger partial charge in [0, 0.05) is 11.3 Å². The van der Waals surface area contributed by atoms with Crippen LogP contribution >= 0.6 is 0 Å². The minimum atomic E-state index is -0.776. The third-order valence-electron chi connectivity index (χ3n) is 2.99. The lowest BCUT2D eigenvalue weighted by Gasteiger charge is -2.21. The number of aromatic nitrogens is 2. The summed E-state index contributed by atoms with van der Waals surface area (Å²) in [5.74, 6) is -0.745. The maximum atomic E-state index is 12.1. The van der Waals surface area contributed by atoms with Crippen LogP contribution in [0.4, 0.5) is 10.5 Å². The van der Waals surface area contributed by atoms with Gasteiger partial charge in [-0.3, -0.25) is 14.3 Å². The molecule has 2 amide bonds. The molecule has 0 saturated heterocycles. The van der Waals surface area contributed by atoms with E-state index in [-0.39, 0.29) is 0 Å². The molecular formula is C16H20N4O5. The van der Waals surface area contributed by atoms with Gasteiger partial charge in [0.2, 0.25) is 5.91 Å². The van der Waals surface area contributed by atoms with Crippen LogP contribution < -0.4 is 16.4 Å². The molecule has 1 aromatic carbocycles. The first-order chi connectivity index (χ1) is 11.6. The van der Waals surface area contributed by atoms with Crippen molar-refractivity contribution in [1.82, 2.24) is 15.5 Å². The minimum absolute atomic E-state index is 0.294. The largest absolute Gasteiger partial charge is 0.444 e. The number of nitrogens with one attached hydrogen (secondary N) is 3. The summed E-state index contributed by atoms with van der Waals surface area (Å²) >= 11 is 0. The summed E-state index contributed by atoms with van der Waals surface area (Å²) in [6, 6.07) is 5.83. The summed E-state index contributed by atoms with van der Waals surface area (Å²) in [6.07, 6.45) is -0.666. The lowest BCUT2D eigenvalue weighted by Crippen LogP contribution is -2.43. The molecular weight excluding hydrogens is 328 g/mol. The van der Waals surface area contributed by atoms with Crippen molar-refractivity contribution in [3.05, 3.63) is 34.8 Å². The van der Waals surface area contributed by atoms with Gasteiger partial charge >= 0.3 is 11.8 Å². The van der Waals surface area contributed by atoms with Gasteiger partial charge in [-0.25, -0.2) is 9.59 Å². The van der Waals surface area contributed by atoms with E-state index in [0.717, 1.165) is 0 Å². The number of rotatable bonds is 4. The van der Waals surface area contributed by atoms with Crippen LogP contribution in [0.2, 0.25) is 0 Å². The Hall–Kier alpha value is -3.10. The maximum Gasteiger partial charge on any atom is 0.439 e. The first-order valence-corrected chi connectivity index (χ1v) is 7.61. The van der Waals surface area contributed by atoms with Crippen molar-refractivity contribution >= 4 is 17.7 Å². The Bertz CT molecular complexity index is 801. The van der Waals surface area contributed by atoms with Crippen LogP contribution in [0.3, 0.4) is 0 Å². The van der Waals surface area contributed by atoms with Crippen molar-refractivity contribution in [2.75, 3.05) is 5.32 Å². The number of carbonyl (C=O) groups is 2. The second-order valence-electron chi connectivity index (χ2n) is 6.38. The number of anilines is 1. The molecule has 0 bridgehead atoms. The zero-order valence-electron chi connectivity index (χ0n) is 14.4. The fourth-order valence-electron chi connectivity index (χ4n) is 1.87. The highest BCUT2D eigenvalue weighted by atomic mass is 16.6. The number of aromatic amines is 1. The van der Waals surface area contributed by atoms with Gasteiger partial charge in [-0.2, -0.15) is 0 Å². The molecule has 0 saturated carbocycles. The average molecular weight is 348 g/mol. The van der Waals surface area contributed by atoms with Gasteiger partial charge in [0.15, 0.2) is 5.82 Å². The van der Waals surface area contributed by atoms with Crippen molar-refractivity contribution in [3.63, 3.8) is 0 Å². The minimum Gasteiger partial charge on any atom is -0.444 e. The number of H-pyrrole nitrogens is 1. The average Bonchev–Trinajstić information content (AvgIpc) is 2.92. The first kappa shape index (κ1) is 18.2. The predicted octanol–water partition coefficient (Wildman–Crippen LogP) is 1.88. The number of alkyl carbamates (subject to hydrolysis) is 1. The van der Waals surface area contributed by atoms with E-state index in [1.54, 1.807) is 52.0 Å². The van der Waals surface area contributed by atoms with Crippen LogP contribution in [-0.2, 0) is 9.53 Å². The fraction of sp³-hybridized carbons (Fsp3) is 0.375. The number of hydrogen-bond acceptors (Lipinski definition) is 6. The Morgan fingerprint density at radius 1 is 1.24 bits per heavy atom. The number of hydrogen-bond donors (Lipinski definition) is 3. The van der Waals surface area contributed by atoms with Crippen LogP contribution in [-0.4, -0.2) is 33.8 Å². The van der Waals surface area contributed by atoms with E-state index in [0.29, 0.717) is 17.1 Å². The predicted molar refractivity (Wildman–Crippen MR) is 90.0 cm³/mol. The molecule has 134 valence electrons. The summed E-state index contributed by atoms with van der Waals surface area (Å²) in [5, 5.41) is 8.70. The molecule has 1 atom stereocenters. The quantitative estimate of drug-likeness (QED) is 0.774. The van der Waals surface area contributed by atoms with Crippen LogP contribution in [0.5, 0.6) is 0 Å². The highest BCUT2D eigenvalue weighted by Gasteiger charge is 2.21. The van der Waals surface area contributed by atoms with E-state index in [9.17, 15) is 14.4 Å². The van der Waals surface area contributed by atoms with Crippen LogP contribution in [0.15, 0.2) is 33.6 Å². The molecule has 0 aliphatic carbocycles. The van der Waals surface area contributed by atoms with Gasteiger partial charge in [0.1, 0.15) is 11.6 Å². The second-order valence-corrected chi connectivity index (χ2v) is 6.38. The fourth-order valence-corrected chi connectivity index (χ4v) is 1.87. The van der Waals surface area contributed by atoms with Crippen LogP contribution in [0.1, 0.15) is 27.7 Å². The SMILES string of the molecule is C[C@H](NC(=O)OC(C)(C)C)C(=O)Nc1ccc(-c2noc(=O)[nH]2)cc1. The lowest BCUT2D eigenvalue weighted by molar-refractivity contribution is -0.117. The van der Waals surface area contributed by atoms with Crippen LogP contribution in [0, 0.1) is 0 Å². The van der Waals surface area contributed by atoms with E-state index in [4.69, 9.17) is 4.74 Å². The van der Waals surface area contributed by atoms with Gasteiger partial charge in [0.05, 0.1) is 0 Å². The Morgan fingerprint density at radius 2 is 1.88 bits per heavy atom. The molecule has 0 spiro atoms. The standard InChI is InChI=1S/C16H20N4O5/c1-9(17-14(22)24-16(2,3)4)13(21)18-11-7-5-10(6-8-11)12-19-15(23)25-20-12/h5-9H,1-4H3,(H,17,22)(H,18,21)(H,19,20,23)/t9-/m0/s1. The molecule has 3 N–H and O–H groups in total. The monoisotopic (exact) mass is 348 g/mol. The molecule has 2 rings (SSSR count). The molecule has 0 unspecified atom stereocenters. The van der Waals surface area contributed by atoms with Crippen molar-refractivity contribution in [3.8, 4) is 11.4 Å². The molecule has 0 radical (unpaired) electrons. The van der Waals surface area contributed by atoms with E-state index in [2.05, 4.69) is 25.3 Å². The third kappa shape index (κ3) is 5.48. The van der Waals surface area contributed by atoms with Crippen molar-refractivity contribution < 1.29 is 18.8 Å². The molecule has 25 heavy (non-hydrogen) atoms. The molecule has 0 fully saturated rings. The zero-order chi connectivity index (χ0) is 18.6. The summed E-state index contributed by atoms with van der Waals surface area (Å²) in [6.45, 7) is 6.76. The Balaban J connectivity index is 1.93. The molecule has 9 nitrogen and oxygen atoms in total. The highest BCUT2D eigenvalue weighted by Crippen LogP contribution is 2.17. The molecule has 0 aliphatic rings. The number of amides is 2. The van der Waals surface area contributed by atoms with E-state index < -0.39 is 29.4 Å². The van der Waals surface area contributed by atoms with Gasteiger partial charge in [-0.05, 0) is 52.0 Å². The lowest BCUT2D eigenvalue weighted by atomic mass is 10.2. The van der Waals surface area contributed by atoms with Gasteiger partial charge in [0.25, 0.3) is 0 Å². The van der Waals surface area contributed by atoms with Crippen molar-refractivity contribution in [2.45, 2.75) is 39.3 Å². The Morgan fingerprint density at radius 3 is 2.40 bits per heavy atom. The van der Waals surface area contributed by atoms with E-state index >= 15 is 0 Å². The number of carbonyl (C=O) groups excluding carboxylic acids is 2. The Kier molecular flexibility index (Phi) is 5.26.